The van der Waals surface area contributed by atoms with E-state index in [2.05, 4.69) is 15.7 Å². The maximum Gasteiger partial charge on any atom is 0.157 e. The SMILES string of the molecule is CC1(C)S/C(=N\Nc2ccc(Cl)cc2)S/C1=N\O. The lowest BCUT2D eigenvalue weighted by Crippen LogP contribution is -2.19. The minimum Gasteiger partial charge on any atom is -0.410 e. The molecule has 1 aliphatic rings. The molecule has 0 amide bonds. The normalized spacial score (nSPS) is 22.6. The molecule has 7 heteroatoms. The predicted molar refractivity (Wildman–Crippen MR) is 81.0 cm³/mol. The molecule has 0 unspecified atom stereocenters. The number of benzene rings is 1. The van der Waals surface area contributed by atoms with E-state index in [1.54, 1.807) is 23.9 Å². The molecule has 0 atom stereocenters. The van der Waals surface area contributed by atoms with Crippen LogP contribution in [0.3, 0.4) is 0 Å². The number of oxime groups is 1. The van der Waals surface area contributed by atoms with E-state index >= 15 is 0 Å². The molecule has 96 valence electrons. The Bertz CT molecular complexity index is 500. The van der Waals surface area contributed by atoms with Gasteiger partial charge in [0.1, 0.15) is 5.04 Å². The fourth-order valence-corrected chi connectivity index (χ4v) is 3.91. The predicted octanol–water partition coefficient (Wildman–Crippen LogP) is 4.07. The molecule has 0 spiro atoms. The van der Waals surface area contributed by atoms with Gasteiger partial charge in [-0.2, -0.15) is 5.10 Å². The van der Waals surface area contributed by atoms with Crippen LogP contribution in [0.1, 0.15) is 13.8 Å². The van der Waals surface area contributed by atoms with E-state index in [-0.39, 0.29) is 4.75 Å². The Morgan fingerprint density at radius 1 is 1.28 bits per heavy atom. The molecule has 0 bridgehead atoms. The third-order valence-electron chi connectivity index (χ3n) is 2.25. The van der Waals surface area contributed by atoms with Crippen LogP contribution in [0.2, 0.25) is 5.02 Å². The minimum atomic E-state index is -0.236. The van der Waals surface area contributed by atoms with Gasteiger partial charge in [-0.05, 0) is 49.9 Å². The van der Waals surface area contributed by atoms with Crippen LogP contribution in [0, 0.1) is 0 Å². The average molecular weight is 302 g/mol. The average Bonchev–Trinajstić information content (AvgIpc) is 2.63. The van der Waals surface area contributed by atoms with Gasteiger partial charge in [-0.1, -0.05) is 28.5 Å². The van der Waals surface area contributed by atoms with Crippen molar-refractivity contribution in [2.45, 2.75) is 18.6 Å². The zero-order chi connectivity index (χ0) is 13.2. The van der Waals surface area contributed by atoms with Gasteiger partial charge in [0.05, 0.1) is 10.4 Å². The molecular formula is C11H12ClN3OS2. The molecule has 0 aliphatic carbocycles. The molecule has 1 saturated heterocycles. The monoisotopic (exact) mass is 301 g/mol. The van der Waals surface area contributed by atoms with Gasteiger partial charge in [0.15, 0.2) is 4.38 Å². The molecule has 4 nitrogen and oxygen atoms in total. The summed E-state index contributed by atoms with van der Waals surface area (Å²) >= 11 is 8.72. The van der Waals surface area contributed by atoms with E-state index in [4.69, 9.17) is 16.8 Å². The van der Waals surface area contributed by atoms with Crippen LogP contribution in [0.4, 0.5) is 5.69 Å². The number of hydrazone groups is 1. The summed E-state index contributed by atoms with van der Waals surface area (Å²) in [6.07, 6.45) is 0. The van der Waals surface area contributed by atoms with Crippen molar-refractivity contribution in [2.75, 3.05) is 5.43 Å². The summed E-state index contributed by atoms with van der Waals surface area (Å²) < 4.78 is 0.586. The Kier molecular flexibility index (Phi) is 4.09. The number of thioether (sulfide) groups is 2. The molecule has 0 saturated carbocycles. The van der Waals surface area contributed by atoms with Gasteiger partial charge in [0.25, 0.3) is 0 Å². The van der Waals surface area contributed by atoms with Crippen LogP contribution in [-0.4, -0.2) is 19.4 Å². The van der Waals surface area contributed by atoms with E-state index in [9.17, 15) is 0 Å². The van der Waals surface area contributed by atoms with Crippen LogP contribution in [-0.2, 0) is 0 Å². The van der Waals surface area contributed by atoms with Crippen molar-refractivity contribution in [2.24, 2.45) is 10.3 Å². The number of anilines is 1. The van der Waals surface area contributed by atoms with Crippen LogP contribution < -0.4 is 5.43 Å². The molecule has 1 aromatic carbocycles. The Morgan fingerprint density at radius 2 is 1.94 bits per heavy atom. The van der Waals surface area contributed by atoms with E-state index in [1.165, 1.54) is 11.8 Å². The maximum absolute atomic E-state index is 8.90. The number of nitrogens with one attached hydrogen (secondary N) is 1. The van der Waals surface area contributed by atoms with E-state index in [0.29, 0.717) is 10.1 Å². The Balaban J connectivity index is 2.06. The number of nitrogens with zero attached hydrogens (tertiary/aromatic N) is 2. The van der Waals surface area contributed by atoms with Crippen molar-refractivity contribution in [1.29, 1.82) is 0 Å². The van der Waals surface area contributed by atoms with Crippen molar-refractivity contribution in [3.63, 3.8) is 0 Å². The van der Waals surface area contributed by atoms with E-state index in [1.807, 2.05) is 26.0 Å². The Labute approximate surface area is 119 Å². The highest BCUT2D eigenvalue weighted by atomic mass is 35.5. The molecule has 2 rings (SSSR count). The lowest BCUT2D eigenvalue weighted by molar-refractivity contribution is 0.319. The van der Waals surface area contributed by atoms with Gasteiger partial charge in [0.2, 0.25) is 0 Å². The van der Waals surface area contributed by atoms with Crippen molar-refractivity contribution in [3.8, 4) is 0 Å². The fourth-order valence-electron chi connectivity index (χ4n) is 1.31. The smallest absolute Gasteiger partial charge is 0.157 e. The van der Waals surface area contributed by atoms with Gasteiger partial charge < -0.3 is 5.21 Å². The van der Waals surface area contributed by atoms with Crippen LogP contribution >= 0.6 is 35.1 Å². The van der Waals surface area contributed by atoms with E-state index in [0.717, 1.165) is 10.1 Å². The Morgan fingerprint density at radius 3 is 2.50 bits per heavy atom. The standard InChI is InChI=1S/C11H12ClN3OS2/c1-11(2)9(15-16)17-10(18-11)14-13-8-5-3-7(12)4-6-8/h3-6,13,16H,1-2H3/b14-10-,15-9-. The third-order valence-corrected chi connectivity index (χ3v) is 5.15. The second kappa shape index (κ2) is 5.42. The lowest BCUT2D eigenvalue weighted by Gasteiger charge is -2.12. The van der Waals surface area contributed by atoms with Gasteiger partial charge in [-0.15, -0.1) is 0 Å². The minimum absolute atomic E-state index is 0.236. The molecule has 0 aromatic heterocycles. The first-order valence-electron chi connectivity index (χ1n) is 5.20. The largest absolute Gasteiger partial charge is 0.410 e. The zero-order valence-corrected chi connectivity index (χ0v) is 12.2. The van der Waals surface area contributed by atoms with Crippen molar-refractivity contribution in [1.82, 2.24) is 0 Å². The fraction of sp³-hybridized carbons (Fsp3) is 0.273. The Hall–Kier alpha value is -0.850. The highest BCUT2D eigenvalue weighted by molar-refractivity contribution is 8.50. The summed E-state index contributed by atoms with van der Waals surface area (Å²) in [5.74, 6) is 0. The second-order valence-corrected chi connectivity index (χ2v) is 7.40. The molecular weight excluding hydrogens is 290 g/mol. The van der Waals surface area contributed by atoms with Gasteiger partial charge in [-0.3, -0.25) is 5.43 Å². The first kappa shape index (κ1) is 13.6. The molecule has 1 aromatic rings. The van der Waals surface area contributed by atoms with Crippen LogP contribution in [0.25, 0.3) is 0 Å². The molecule has 1 fully saturated rings. The quantitative estimate of drug-likeness (QED) is 0.638. The maximum atomic E-state index is 8.90. The number of hydrogen-bond acceptors (Lipinski definition) is 6. The van der Waals surface area contributed by atoms with Crippen molar-refractivity contribution < 1.29 is 5.21 Å². The van der Waals surface area contributed by atoms with Gasteiger partial charge >= 0.3 is 0 Å². The number of rotatable bonds is 2. The molecule has 18 heavy (non-hydrogen) atoms. The summed E-state index contributed by atoms with van der Waals surface area (Å²) in [7, 11) is 0. The molecule has 2 N–H and O–H groups in total. The van der Waals surface area contributed by atoms with Crippen LogP contribution in [0.5, 0.6) is 0 Å². The first-order chi connectivity index (χ1) is 8.51. The van der Waals surface area contributed by atoms with Crippen molar-refractivity contribution in [3.05, 3.63) is 29.3 Å². The van der Waals surface area contributed by atoms with Crippen molar-refractivity contribution >= 4 is 50.2 Å². The highest BCUT2D eigenvalue weighted by Gasteiger charge is 2.38. The topological polar surface area (TPSA) is 57.0 Å². The summed E-state index contributed by atoms with van der Waals surface area (Å²) in [6, 6.07) is 7.29. The highest BCUT2D eigenvalue weighted by Crippen LogP contribution is 2.43. The van der Waals surface area contributed by atoms with Gasteiger partial charge in [0, 0.05) is 5.02 Å². The van der Waals surface area contributed by atoms with E-state index < -0.39 is 0 Å². The van der Waals surface area contributed by atoms with Gasteiger partial charge in [-0.25, -0.2) is 0 Å². The van der Waals surface area contributed by atoms with Crippen LogP contribution in [0.15, 0.2) is 34.5 Å². The number of hydrogen-bond donors (Lipinski definition) is 2. The molecule has 1 aliphatic heterocycles. The summed E-state index contributed by atoms with van der Waals surface area (Å²) in [4.78, 5) is 0. The lowest BCUT2D eigenvalue weighted by atomic mass is 10.2. The third kappa shape index (κ3) is 3.13. The molecule has 0 radical (unpaired) electrons. The summed E-state index contributed by atoms with van der Waals surface area (Å²) in [6.45, 7) is 3.98. The molecule has 1 heterocycles. The first-order valence-corrected chi connectivity index (χ1v) is 7.21. The second-order valence-electron chi connectivity index (χ2n) is 4.12. The zero-order valence-electron chi connectivity index (χ0n) is 9.85. The summed E-state index contributed by atoms with van der Waals surface area (Å²) in [5.41, 5.74) is 3.81. The number of halogens is 1. The summed E-state index contributed by atoms with van der Waals surface area (Å²) in [5, 5.41) is 17.8.